The molecule has 0 aliphatic rings. The highest BCUT2D eigenvalue weighted by Crippen LogP contribution is 2.15. The van der Waals surface area contributed by atoms with Gasteiger partial charge >= 0.3 is 0 Å². The summed E-state index contributed by atoms with van der Waals surface area (Å²) in [5.41, 5.74) is 6.72. The smallest absolute Gasteiger partial charge is 0.0730 e. The van der Waals surface area contributed by atoms with Crippen LogP contribution < -0.4 is 5.73 Å². The minimum absolute atomic E-state index is 0.592. The van der Waals surface area contributed by atoms with E-state index in [0.29, 0.717) is 4.99 Å². The third kappa shape index (κ3) is 3.79. The fourth-order valence-electron chi connectivity index (χ4n) is 1.06. The van der Waals surface area contributed by atoms with Crippen LogP contribution in [0.15, 0.2) is 29.2 Å². The van der Waals surface area contributed by atoms with Crippen molar-refractivity contribution in [3.8, 4) is 0 Å². The minimum Gasteiger partial charge on any atom is -0.393 e. The lowest BCUT2D eigenvalue weighted by molar-refractivity contribution is 1.04. The van der Waals surface area contributed by atoms with Gasteiger partial charge in [0, 0.05) is 11.3 Å². The van der Waals surface area contributed by atoms with Gasteiger partial charge in [-0.15, -0.1) is 11.8 Å². The molecule has 0 spiro atoms. The van der Waals surface area contributed by atoms with Gasteiger partial charge in [-0.3, -0.25) is 0 Å². The molecule has 1 rings (SSSR count). The van der Waals surface area contributed by atoms with Gasteiger partial charge in [-0.05, 0) is 30.4 Å². The predicted molar refractivity (Wildman–Crippen MR) is 63.3 cm³/mol. The largest absolute Gasteiger partial charge is 0.393 e. The summed E-state index contributed by atoms with van der Waals surface area (Å²) in [5, 5.41) is 0. The number of hydrogen-bond donors (Lipinski definition) is 1. The second-order valence-corrected chi connectivity index (χ2v) is 4.22. The molecule has 0 amide bonds. The Morgan fingerprint density at radius 1 is 1.38 bits per heavy atom. The van der Waals surface area contributed by atoms with E-state index in [1.54, 1.807) is 11.8 Å². The summed E-state index contributed by atoms with van der Waals surface area (Å²) < 4.78 is 0. The predicted octanol–water partition coefficient (Wildman–Crippen LogP) is 2.63. The first-order valence-electron chi connectivity index (χ1n) is 4.13. The van der Waals surface area contributed by atoms with Gasteiger partial charge in [0.2, 0.25) is 0 Å². The molecule has 0 heterocycles. The van der Waals surface area contributed by atoms with Gasteiger partial charge in [-0.1, -0.05) is 24.4 Å². The van der Waals surface area contributed by atoms with E-state index in [1.165, 1.54) is 10.5 Å². The average molecular weight is 211 g/mol. The highest BCUT2D eigenvalue weighted by Gasteiger charge is 1.95. The van der Waals surface area contributed by atoms with Gasteiger partial charge in [0.25, 0.3) is 0 Å². The van der Waals surface area contributed by atoms with Gasteiger partial charge in [0.15, 0.2) is 0 Å². The van der Waals surface area contributed by atoms with Crippen LogP contribution in [0.25, 0.3) is 0 Å². The second kappa shape index (κ2) is 5.25. The van der Waals surface area contributed by atoms with E-state index in [0.717, 1.165) is 12.8 Å². The fraction of sp³-hybridized carbons (Fsp3) is 0.300. The van der Waals surface area contributed by atoms with E-state index in [1.807, 2.05) is 0 Å². The Balaban J connectivity index is 2.54. The second-order valence-electron chi connectivity index (χ2n) is 2.81. The molecule has 1 aromatic rings. The Morgan fingerprint density at radius 3 is 2.46 bits per heavy atom. The van der Waals surface area contributed by atoms with Crippen LogP contribution in [0.1, 0.15) is 12.0 Å². The van der Waals surface area contributed by atoms with Crippen LogP contribution in [0.2, 0.25) is 0 Å². The van der Waals surface area contributed by atoms with Gasteiger partial charge < -0.3 is 5.73 Å². The SMILES string of the molecule is CSc1ccc(CCC(N)=S)cc1. The molecule has 13 heavy (non-hydrogen) atoms. The van der Waals surface area contributed by atoms with E-state index < -0.39 is 0 Å². The van der Waals surface area contributed by atoms with Crippen LogP contribution in [0.3, 0.4) is 0 Å². The van der Waals surface area contributed by atoms with Gasteiger partial charge in [-0.2, -0.15) is 0 Å². The average Bonchev–Trinajstić information content (AvgIpc) is 2.15. The molecular weight excluding hydrogens is 198 g/mol. The number of hydrogen-bond acceptors (Lipinski definition) is 2. The number of thiocarbonyl (C=S) groups is 1. The number of benzene rings is 1. The molecule has 0 unspecified atom stereocenters. The lowest BCUT2D eigenvalue weighted by Crippen LogP contribution is -2.08. The molecule has 2 N–H and O–H groups in total. The first kappa shape index (κ1) is 10.5. The maximum Gasteiger partial charge on any atom is 0.0730 e. The van der Waals surface area contributed by atoms with E-state index in [4.69, 9.17) is 18.0 Å². The summed E-state index contributed by atoms with van der Waals surface area (Å²) >= 11 is 6.57. The third-order valence-corrected chi connectivity index (χ3v) is 2.77. The summed E-state index contributed by atoms with van der Waals surface area (Å²) in [6, 6.07) is 8.51. The van der Waals surface area contributed by atoms with Crippen LogP contribution in [-0.2, 0) is 6.42 Å². The normalized spacial score (nSPS) is 9.92. The van der Waals surface area contributed by atoms with Crippen molar-refractivity contribution >= 4 is 29.0 Å². The quantitative estimate of drug-likeness (QED) is 0.612. The van der Waals surface area contributed by atoms with Crippen LogP contribution in [0.4, 0.5) is 0 Å². The molecule has 0 aliphatic heterocycles. The Bertz CT molecular complexity index is 279. The Morgan fingerprint density at radius 2 is 2.00 bits per heavy atom. The van der Waals surface area contributed by atoms with Gasteiger partial charge in [0.1, 0.15) is 0 Å². The minimum atomic E-state index is 0.592. The van der Waals surface area contributed by atoms with Gasteiger partial charge in [-0.25, -0.2) is 0 Å². The van der Waals surface area contributed by atoms with E-state index >= 15 is 0 Å². The molecule has 3 heteroatoms. The molecular formula is C10H13NS2. The Labute approximate surface area is 88.7 Å². The molecule has 0 saturated carbocycles. The molecule has 70 valence electrons. The van der Waals surface area contributed by atoms with Crippen LogP contribution in [-0.4, -0.2) is 11.2 Å². The van der Waals surface area contributed by atoms with Crippen LogP contribution in [0, 0.1) is 0 Å². The van der Waals surface area contributed by atoms with Crippen molar-refractivity contribution in [1.82, 2.24) is 0 Å². The molecule has 1 aromatic carbocycles. The summed E-state index contributed by atoms with van der Waals surface area (Å²) in [4.78, 5) is 1.88. The molecule has 0 radical (unpaired) electrons. The third-order valence-electron chi connectivity index (χ3n) is 1.82. The van der Waals surface area contributed by atoms with E-state index in [-0.39, 0.29) is 0 Å². The standard InChI is InChI=1S/C10H13NS2/c1-13-9-5-2-8(3-6-9)4-7-10(11)12/h2-3,5-6H,4,7H2,1H3,(H2,11,12). The van der Waals surface area contributed by atoms with E-state index in [2.05, 4.69) is 30.5 Å². The van der Waals surface area contributed by atoms with Crippen LogP contribution >= 0.6 is 24.0 Å². The number of aryl methyl sites for hydroxylation is 1. The zero-order chi connectivity index (χ0) is 9.68. The summed E-state index contributed by atoms with van der Waals surface area (Å²) in [7, 11) is 0. The molecule has 0 saturated heterocycles. The Hall–Kier alpha value is -0.540. The number of thioether (sulfide) groups is 1. The zero-order valence-corrected chi connectivity index (χ0v) is 9.25. The number of rotatable bonds is 4. The van der Waals surface area contributed by atoms with Crippen molar-refractivity contribution in [3.05, 3.63) is 29.8 Å². The summed E-state index contributed by atoms with van der Waals surface area (Å²) in [6.07, 6.45) is 3.82. The maximum atomic E-state index is 5.42. The van der Waals surface area contributed by atoms with Crippen molar-refractivity contribution in [2.75, 3.05) is 6.26 Å². The highest BCUT2D eigenvalue weighted by atomic mass is 32.2. The molecule has 0 fully saturated rings. The van der Waals surface area contributed by atoms with Crippen LogP contribution in [0.5, 0.6) is 0 Å². The summed E-state index contributed by atoms with van der Waals surface area (Å²) in [5.74, 6) is 0. The summed E-state index contributed by atoms with van der Waals surface area (Å²) in [6.45, 7) is 0. The Kier molecular flexibility index (Phi) is 4.25. The van der Waals surface area contributed by atoms with Gasteiger partial charge in [0.05, 0.1) is 4.99 Å². The molecule has 0 bridgehead atoms. The maximum absolute atomic E-state index is 5.42. The first-order valence-corrected chi connectivity index (χ1v) is 5.77. The van der Waals surface area contributed by atoms with Crippen molar-refractivity contribution < 1.29 is 0 Å². The molecule has 1 nitrogen and oxygen atoms in total. The number of nitrogens with two attached hydrogens (primary N) is 1. The molecule has 0 aliphatic carbocycles. The van der Waals surface area contributed by atoms with E-state index in [9.17, 15) is 0 Å². The topological polar surface area (TPSA) is 26.0 Å². The highest BCUT2D eigenvalue weighted by molar-refractivity contribution is 7.98. The fourth-order valence-corrected chi connectivity index (χ4v) is 1.57. The lowest BCUT2D eigenvalue weighted by atomic mass is 10.1. The molecule has 0 atom stereocenters. The zero-order valence-electron chi connectivity index (χ0n) is 7.62. The van der Waals surface area contributed by atoms with Crippen molar-refractivity contribution in [1.29, 1.82) is 0 Å². The first-order chi connectivity index (χ1) is 6.22. The van der Waals surface area contributed by atoms with Crippen molar-refractivity contribution in [2.24, 2.45) is 5.73 Å². The van der Waals surface area contributed by atoms with Crippen molar-refractivity contribution in [2.45, 2.75) is 17.7 Å². The monoisotopic (exact) mass is 211 g/mol. The molecule has 0 aromatic heterocycles. The van der Waals surface area contributed by atoms with Crippen molar-refractivity contribution in [3.63, 3.8) is 0 Å². The lowest BCUT2D eigenvalue weighted by Gasteiger charge is -2.01.